The van der Waals surface area contributed by atoms with Gasteiger partial charge >= 0.3 is 0 Å². The van der Waals surface area contributed by atoms with Crippen LogP contribution in [0.5, 0.6) is 0 Å². The van der Waals surface area contributed by atoms with E-state index in [1.165, 1.54) is 0 Å². The molecule has 1 rings (SSSR count). The molecular weight excluding hydrogens is 340 g/mol. The average Bonchev–Trinajstić information content (AvgIpc) is 2.40. The molecule has 1 aromatic carbocycles. The lowest BCUT2D eigenvalue weighted by molar-refractivity contribution is 0.0952. The van der Waals surface area contributed by atoms with E-state index in [0.29, 0.717) is 23.2 Å². The molecule has 0 aliphatic carbocycles. The maximum absolute atomic E-state index is 12.0. The van der Waals surface area contributed by atoms with Crippen LogP contribution in [0.1, 0.15) is 37.0 Å². The van der Waals surface area contributed by atoms with Gasteiger partial charge in [-0.15, -0.1) is 0 Å². The maximum atomic E-state index is 12.0. The molecule has 1 N–H and O–H groups in total. The number of unbranched alkanes of at least 4 members (excludes halogenated alkanes) is 1. The highest BCUT2D eigenvalue weighted by Crippen LogP contribution is 2.20. The molecule has 0 radical (unpaired) electrons. The predicted molar refractivity (Wildman–Crippen MR) is 88.5 cm³/mol. The van der Waals surface area contributed by atoms with Crippen molar-refractivity contribution in [2.75, 3.05) is 20.1 Å². The summed E-state index contributed by atoms with van der Waals surface area (Å²) in [6.45, 7) is 6.08. The van der Waals surface area contributed by atoms with E-state index in [1.54, 1.807) is 12.1 Å². The fourth-order valence-electron chi connectivity index (χ4n) is 1.71. The summed E-state index contributed by atoms with van der Waals surface area (Å²) in [6, 6.07) is 5.84. The summed E-state index contributed by atoms with van der Waals surface area (Å²) in [5.41, 5.74) is 0.514. The standard InChI is InChI=1S/C15H22BrClN2O/c1-11(2)19(3)9-5-4-8-18-15(20)13-10-12(16)6-7-14(13)17/h6-7,10-11H,4-5,8-9H2,1-3H3,(H,18,20). The molecule has 0 aliphatic heterocycles. The van der Waals surface area contributed by atoms with Crippen LogP contribution < -0.4 is 5.32 Å². The Morgan fingerprint density at radius 2 is 2.10 bits per heavy atom. The van der Waals surface area contributed by atoms with E-state index in [0.717, 1.165) is 23.9 Å². The number of nitrogens with zero attached hydrogens (tertiary/aromatic N) is 1. The van der Waals surface area contributed by atoms with E-state index in [9.17, 15) is 4.79 Å². The van der Waals surface area contributed by atoms with Gasteiger partial charge in [-0.2, -0.15) is 0 Å². The van der Waals surface area contributed by atoms with Gasteiger partial charge in [0.15, 0.2) is 0 Å². The van der Waals surface area contributed by atoms with Crippen molar-refractivity contribution in [3.05, 3.63) is 33.3 Å². The Hall–Kier alpha value is -0.580. The van der Waals surface area contributed by atoms with Crippen LogP contribution in [0.15, 0.2) is 22.7 Å². The normalized spacial score (nSPS) is 11.2. The topological polar surface area (TPSA) is 32.3 Å². The van der Waals surface area contributed by atoms with Crippen LogP contribution in [0.4, 0.5) is 0 Å². The van der Waals surface area contributed by atoms with Crippen LogP contribution >= 0.6 is 27.5 Å². The Morgan fingerprint density at radius 3 is 2.75 bits per heavy atom. The monoisotopic (exact) mass is 360 g/mol. The molecule has 0 aromatic heterocycles. The second-order valence-electron chi connectivity index (χ2n) is 5.16. The molecule has 0 bridgehead atoms. The third kappa shape index (κ3) is 5.81. The number of halogens is 2. The first-order valence-electron chi connectivity index (χ1n) is 6.85. The number of hydrogen-bond donors (Lipinski definition) is 1. The molecule has 0 spiro atoms. The second-order valence-corrected chi connectivity index (χ2v) is 6.48. The van der Waals surface area contributed by atoms with Gasteiger partial charge in [0, 0.05) is 17.1 Å². The van der Waals surface area contributed by atoms with Gasteiger partial charge in [0.25, 0.3) is 5.91 Å². The molecule has 20 heavy (non-hydrogen) atoms. The Kier molecular flexibility index (Phi) is 7.56. The third-order valence-corrected chi connectivity index (χ3v) is 4.10. The first-order valence-corrected chi connectivity index (χ1v) is 8.02. The van der Waals surface area contributed by atoms with Gasteiger partial charge in [-0.05, 0) is 58.5 Å². The number of carbonyl (C=O) groups excluding carboxylic acids is 1. The zero-order valence-corrected chi connectivity index (χ0v) is 14.6. The highest BCUT2D eigenvalue weighted by Gasteiger charge is 2.10. The van der Waals surface area contributed by atoms with Crippen LogP contribution in [0.25, 0.3) is 0 Å². The molecule has 0 atom stereocenters. The summed E-state index contributed by atoms with van der Waals surface area (Å²) >= 11 is 9.36. The lowest BCUT2D eigenvalue weighted by Gasteiger charge is -2.20. The zero-order chi connectivity index (χ0) is 15.1. The van der Waals surface area contributed by atoms with Crippen molar-refractivity contribution in [1.82, 2.24) is 10.2 Å². The second kappa shape index (κ2) is 8.65. The minimum absolute atomic E-state index is 0.117. The molecule has 112 valence electrons. The number of nitrogens with one attached hydrogen (secondary N) is 1. The molecule has 5 heteroatoms. The lowest BCUT2D eigenvalue weighted by Crippen LogP contribution is -2.29. The van der Waals surface area contributed by atoms with Crippen LogP contribution in [0.2, 0.25) is 5.02 Å². The first kappa shape index (κ1) is 17.5. The molecular formula is C15H22BrClN2O. The fraction of sp³-hybridized carbons (Fsp3) is 0.533. The van der Waals surface area contributed by atoms with Gasteiger partial charge in [0.05, 0.1) is 10.6 Å². The van der Waals surface area contributed by atoms with E-state index in [1.807, 2.05) is 6.07 Å². The quantitative estimate of drug-likeness (QED) is 0.746. The molecule has 0 aliphatic rings. The summed E-state index contributed by atoms with van der Waals surface area (Å²) in [6.07, 6.45) is 2.04. The Bertz CT molecular complexity index is 451. The van der Waals surface area contributed by atoms with Crippen molar-refractivity contribution >= 4 is 33.4 Å². The number of benzene rings is 1. The molecule has 3 nitrogen and oxygen atoms in total. The van der Waals surface area contributed by atoms with Crippen LogP contribution in [-0.2, 0) is 0 Å². The number of amides is 1. The molecule has 0 saturated carbocycles. The third-order valence-electron chi connectivity index (χ3n) is 3.28. The van der Waals surface area contributed by atoms with Gasteiger partial charge in [-0.25, -0.2) is 0 Å². The lowest BCUT2D eigenvalue weighted by atomic mass is 10.2. The first-order chi connectivity index (χ1) is 9.41. The van der Waals surface area contributed by atoms with E-state index < -0.39 is 0 Å². The maximum Gasteiger partial charge on any atom is 0.252 e. The summed E-state index contributed by atoms with van der Waals surface area (Å²) in [4.78, 5) is 14.3. The van der Waals surface area contributed by atoms with Crippen molar-refractivity contribution in [2.24, 2.45) is 0 Å². The van der Waals surface area contributed by atoms with E-state index in [4.69, 9.17) is 11.6 Å². The minimum Gasteiger partial charge on any atom is -0.352 e. The van der Waals surface area contributed by atoms with Crippen LogP contribution in [-0.4, -0.2) is 37.0 Å². The summed E-state index contributed by atoms with van der Waals surface area (Å²) in [7, 11) is 2.12. The molecule has 1 amide bonds. The van der Waals surface area contributed by atoms with Gasteiger partial charge in [-0.1, -0.05) is 27.5 Å². The SMILES string of the molecule is CC(C)N(C)CCCCNC(=O)c1cc(Br)ccc1Cl. The zero-order valence-electron chi connectivity index (χ0n) is 12.2. The average molecular weight is 362 g/mol. The Morgan fingerprint density at radius 1 is 1.40 bits per heavy atom. The summed E-state index contributed by atoms with van der Waals surface area (Å²) in [5, 5.41) is 3.38. The van der Waals surface area contributed by atoms with Crippen molar-refractivity contribution in [3.63, 3.8) is 0 Å². The molecule has 0 fully saturated rings. The number of hydrogen-bond acceptors (Lipinski definition) is 2. The van der Waals surface area contributed by atoms with E-state index in [-0.39, 0.29) is 5.91 Å². The smallest absolute Gasteiger partial charge is 0.252 e. The van der Waals surface area contributed by atoms with Gasteiger partial charge in [-0.3, -0.25) is 4.79 Å². The van der Waals surface area contributed by atoms with E-state index >= 15 is 0 Å². The summed E-state index contributed by atoms with van der Waals surface area (Å²) < 4.78 is 0.852. The largest absolute Gasteiger partial charge is 0.352 e. The van der Waals surface area contributed by atoms with Crippen LogP contribution in [0.3, 0.4) is 0 Å². The molecule has 0 heterocycles. The van der Waals surface area contributed by atoms with Crippen LogP contribution in [0, 0.1) is 0 Å². The van der Waals surface area contributed by atoms with E-state index in [2.05, 4.69) is 47.0 Å². The molecule has 0 unspecified atom stereocenters. The highest BCUT2D eigenvalue weighted by atomic mass is 79.9. The fourth-order valence-corrected chi connectivity index (χ4v) is 2.28. The van der Waals surface area contributed by atoms with Crippen molar-refractivity contribution in [1.29, 1.82) is 0 Å². The van der Waals surface area contributed by atoms with Gasteiger partial charge in [0.1, 0.15) is 0 Å². The molecule has 1 aromatic rings. The summed E-state index contributed by atoms with van der Waals surface area (Å²) in [5.74, 6) is -0.117. The Labute approximate surface area is 134 Å². The van der Waals surface area contributed by atoms with Crippen molar-refractivity contribution < 1.29 is 4.79 Å². The minimum atomic E-state index is -0.117. The Balaban J connectivity index is 2.32. The van der Waals surface area contributed by atoms with Gasteiger partial charge < -0.3 is 10.2 Å². The van der Waals surface area contributed by atoms with Gasteiger partial charge in [0.2, 0.25) is 0 Å². The van der Waals surface area contributed by atoms with Crippen molar-refractivity contribution in [3.8, 4) is 0 Å². The number of carbonyl (C=O) groups is 1. The predicted octanol–water partition coefficient (Wildman–Crippen LogP) is 3.95. The van der Waals surface area contributed by atoms with Crippen molar-refractivity contribution in [2.45, 2.75) is 32.7 Å². The number of rotatable bonds is 7. The molecule has 0 saturated heterocycles. The highest BCUT2D eigenvalue weighted by molar-refractivity contribution is 9.10.